The molecule has 2 fully saturated rings. The molecular weight excluding hydrogens is 289 g/mol. The summed E-state index contributed by atoms with van der Waals surface area (Å²) in [6.07, 6.45) is -2.51. The van der Waals surface area contributed by atoms with Crippen molar-refractivity contribution in [2.75, 3.05) is 26.3 Å². The second-order valence-electron chi connectivity index (χ2n) is 5.31. The molecule has 2 aliphatic rings. The van der Waals surface area contributed by atoms with Crippen LogP contribution in [0.25, 0.3) is 0 Å². The van der Waals surface area contributed by atoms with Gasteiger partial charge in [-0.15, -0.1) is 0 Å². The second kappa shape index (κ2) is 6.21. The van der Waals surface area contributed by atoms with Crippen LogP contribution in [0.15, 0.2) is 0 Å². The summed E-state index contributed by atoms with van der Waals surface area (Å²) in [7, 11) is 0. The molecule has 5 nitrogen and oxygen atoms in total. The molecule has 0 aromatic carbocycles. The first-order valence-electron chi connectivity index (χ1n) is 7.10. The lowest BCUT2D eigenvalue weighted by Crippen LogP contribution is -2.63. The van der Waals surface area contributed by atoms with E-state index in [1.165, 1.54) is 4.90 Å². The van der Waals surface area contributed by atoms with Crippen molar-refractivity contribution in [1.82, 2.24) is 9.80 Å². The van der Waals surface area contributed by atoms with Crippen molar-refractivity contribution < 1.29 is 27.5 Å². The molecule has 8 heteroatoms. The molecule has 0 N–H and O–H groups in total. The maximum Gasteiger partial charge on any atom is 0.411 e. The van der Waals surface area contributed by atoms with Crippen molar-refractivity contribution in [2.24, 2.45) is 0 Å². The molecule has 2 atom stereocenters. The Morgan fingerprint density at radius 2 is 2.00 bits per heavy atom. The highest BCUT2D eigenvalue weighted by molar-refractivity contribution is 5.97. The molecule has 2 heterocycles. The standard InChI is InChI=1S/C13H19F3N2O3/c1-2-9-11(19)17-5-3-4-10(17)12(20)18(9)6-7-21-8-13(14,15)16/h9-10H,2-8H2,1H3. The molecule has 2 aliphatic heterocycles. The molecule has 2 rings (SSSR count). The monoisotopic (exact) mass is 308 g/mol. The number of rotatable bonds is 5. The smallest absolute Gasteiger partial charge is 0.370 e. The van der Waals surface area contributed by atoms with Crippen LogP contribution in [0, 0.1) is 0 Å². The normalized spacial score (nSPS) is 26.5. The van der Waals surface area contributed by atoms with Gasteiger partial charge in [0.05, 0.1) is 6.61 Å². The molecule has 2 amide bonds. The molecule has 0 aliphatic carbocycles. The number of amides is 2. The molecule has 0 spiro atoms. The van der Waals surface area contributed by atoms with Crippen LogP contribution >= 0.6 is 0 Å². The van der Waals surface area contributed by atoms with Gasteiger partial charge in [0.1, 0.15) is 18.7 Å². The number of hydrogen-bond acceptors (Lipinski definition) is 3. The van der Waals surface area contributed by atoms with Gasteiger partial charge in [0.2, 0.25) is 11.8 Å². The molecule has 0 saturated carbocycles. The minimum Gasteiger partial charge on any atom is -0.370 e. The van der Waals surface area contributed by atoms with Crippen LogP contribution in [-0.4, -0.2) is 66.2 Å². The van der Waals surface area contributed by atoms with E-state index in [1.807, 2.05) is 0 Å². The Bertz CT molecular complexity index is 414. The molecule has 21 heavy (non-hydrogen) atoms. The quantitative estimate of drug-likeness (QED) is 0.717. The van der Waals surface area contributed by atoms with Gasteiger partial charge < -0.3 is 14.5 Å². The van der Waals surface area contributed by atoms with Gasteiger partial charge in [0.25, 0.3) is 0 Å². The fourth-order valence-electron chi connectivity index (χ4n) is 2.97. The van der Waals surface area contributed by atoms with Crippen molar-refractivity contribution in [1.29, 1.82) is 0 Å². The molecule has 0 bridgehead atoms. The minimum absolute atomic E-state index is 0.0174. The largest absolute Gasteiger partial charge is 0.411 e. The predicted molar refractivity (Wildman–Crippen MR) is 67.4 cm³/mol. The highest BCUT2D eigenvalue weighted by Crippen LogP contribution is 2.28. The molecule has 0 aromatic rings. The van der Waals surface area contributed by atoms with Gasteiger partial charge in [0.15, 0.2) is 0 Å². The van der Waals surface area contributed by atoms with E-state index in [0.717, 1.165) is 6.42 Å². The summed E-state index contributed by atoms with van der Waals surface area (Å²) >= 11 is 0. The first-order chi connectivity index (χ1) is 9.85. The SMILES string of the molecule is CCC1C(=O)N2CCCC2C(=O)N1CCOCC(F)(F)F. The third kappa shape index (κ3) is 3.48. The zero-order valence-corrected chi connectivity index (χ0v) is 11.9. The zero-order chi connectivity index (χ0) is 15.6. The summed E-state index contributed by atoms with van der Waals surface area (Å²) < 4.78 is 40.6. The number of alkyl halides is 3. The van der Waals surface area contributed by atoms with Crippen LogP contribution in [0.2, 0.25) is 0 Å². The van der Waals surface area contributed by atoms with E-state index in [0.29, 0.717) is 19.4 Å². The summed E-state index contributed by atoms with van der Waals surface area (Å²) in [4.78, 5) is 27.6. The lowest BCUT2D eigenvalue weighted by Gasteiger charge is -2.42. The highest BCUT2D eigenvalue weighted by Gasteiger charge is 2.46. The fraction of sp³-hybridized carbons (Fsp3) is 0.846. The molecule has 2 unspecified atom stereocenters. The van der Waals surface area contributed by atoms with E-state index in [9.17, 15) is 22.8 Å². The Balaban J connectivity index is 1.96. The number of piperazine rings is 1. The summed E-state index contributed by atoms with van der Waals surface area (Å²) in [5.41, 5.74) is 0. The molecule has 0 aromatic heterocycles. The summed E-state index contributed by atoms with van der Waals surface area (Å²) in [6.45, 7) is 0.834. The maximum absolute atomic E-state index is 12.4. The summed E-state index contributed by atoms with van der Waals surface area (Å²) in [5, 5.41) is 0. The van der Waals surface area contributed by atoms with Crippen LogP contribution in [0.3, 0.4) is 0 Å². The molecular formula is C13H19F3N2O3. The van der Waals surface area contributed by atoms with Crippen molar-refractivity contribution in [3.05, 3.63) is 0 Å². The number of fused-ring (bicyclic) bond motifs is 1. The summed E-state index contributed by atoms with van der Waals surface area (Å²) in [6, 6.07) is -1.02. The van der Waals surface area contributed by atoms with Crippen molar-refractivity contribution in [3.8, 4) is 0 Å². The number of nitrogens with zero attached hydrogens (tertiary/aromatic N) is 2. The Morgan fingerprint density at radius 3 is 2.62 bits per heavy atom. The first kappa shape index (κ1) is 16.1. The van der Waals surface area contributed by atoms with Crippen LogP contribution in [0.5, 0.6) is 0 Å². The van der Waals surface area contributed by atoms with Gasteiger partial charge in [-0.05, 0) is 19.3 Å². The molecule has 0 radical (unpaired) electrons. The Morgan fingerprint density at radius 1 is 1.29 bits per heavy atom. The number of halogens is 3. The van der Waals surface area contributed by atoms with E-state index in [-0.39, 0.29) is 25.0 Å². The van der Waals surface area contributed by atoms with Crippen molar-refractivity contribution in [2.45, 2.75) is 44.4 Å². The molecule has 2 saturated heterocycles. The second-order valence-corrected chi connectivity index (χ2v) is 5.31. The lowest BCUT2D eigenvalue weighted by atomic mass is 10.0. The topological polar surface area (TPSA) is 49.9 Å². The van der Waals surface area contributed by atoms with Crippen molar-refractivity contribution >= 4 is 11.8 Å². The summed E-state index contributed by atoms with van der Waals surface area (Å²) in [5.74, 6) is -0.273. The average Bonchev–Trinajstić information content (AvgIpc) is 2.88. The van der Waals surface area contributed by atoms with Gasteiger partial charge in [-0.3, -0.25) is 9.59 Å². The average molecular weight is 308 g/mol. The number of ether oxygens (including phenoxy) is 1. The van der Waals surface area contributed by atoms with E-state index < -0.39 is 24.9 Å². The van der Waals surface area contributed by atoms with E-state index in [4.69, 9.17) is 0 Å². The van der Waals surface area contributed by atoms with E-state index in [1.54, 1.807) is 11.8 Å². The van der Waals surface area contributed by atoms with Crippen LogP contribution in [-0.2, 0) is 14.3 Å². The van der Waals surface area contributed by atoms with Crippen LogP contribution in [0.4, 0.5) is 13.2 Å². The molecule has 120 valence electrons. The number of carbonyl (C=O) groups is 2. The number of carbonyl (C=O) groups excluding carboxylic acids is 2. The minimum atomic E-state index is -4.38. The van der Waals surface area contributed by atoms with Gasteiger partial charge in [-0.25, -0.2) is 0 Å². The van der Waals surface area contributed by atoms with Crippen molar-refractivity contribution in [3.63, 3.8) is 0 Å². The third-order valence-corrected chi connectivity index (χ3v) is 3.89. The van der Waals surface area contributed by atoms with Gasteiger partial charge in [0, 0.05) is 13.1 Å². The maximum atomic E-state index is 12.4. The Kier molecular flexibility index (Phi) is 4.75. The highest BCUT2D eigenvalue weighted by atomic mass is 19.4. The van der Waals surface area contributed by atoms with Gasteiger partial charge >= 0.3 is 6.18 Å². The van der Waals surface area contributed by atoms with Gasteiger partial charge in [-0.1, -0.05) is 6.92 Å². The Labute approximate surface area is 121 Å². The lowest BCUT2D eigenvalue weighted by molar-refractivity contribution is -0.177. The van der Waals surface area contributed by atoms with Crippen LogP contribution in [0.1, 0.15) is 26.2 Å². The van der Waals surface area contributed by atoms with Gasteiger partial charge in [-0.2, -0.15) is 13.2 Å². The third-order valence-electron chi connectivity index (χ3n) is 3.89. The van der Waals surface area contributed by atoms with E-state index >= 15 is 0 Å². The first-order valence-corrected chi connectivity index (χ1v) is 7.10. The zero-order valence-electron chi connectivity index (χ0n) is 11.9. The van der Waals surface area contributed by atoms with E-state index in [2.05, 4.69) is 4.74 Å². The predicted octanol–water partition coefficient (Wildman–Crippen LogP) is 1.18. The fourth-order valence-corrected chi connectivity index (χ4v) is 2.97. The Hall–Kier alpha value is -1.31. The van der Waals surface area contributed by atoms with Crippen LogP contribution < -0.4 is 0 Å². The number of hydrogen-bond donors (Lipinski definition) is 0.